The molecule has 0 aromatic heterocycles. The number of benzene rings is 2. The average molecular weight is 386 g/mol. The first-order valence-electron chi connectivity index (χ1n) is 8.21. The van der Waals surface area contributed by atoms with Gasteiger partial charge in [0.25, 0.3) is 5.69 Å². The van der Waals surface area contributed by atoms with Crippen LogP contribution in [0.4, 0.5) is 11.4 Å². The normalized spacial score (nSPS) is 16.7. The Balaban J connectivity index is 1.57. The number of halogens is 1. The van der Waals surface area contributed by atoms with E-state index in [9.17, 15) is 19.7 Å². The summed E-state index contributed by atoms with van der Waals surface area (Å²) in [6.45, 7) is 0.386. The molecule has 0 bridgehead atoms. The lowest BCUT2D eigenvalue weighted by molar-refractivity contribution is -0.384. The third-order valence-corrected chi connectivity index (χ3v) is 4.39. The van der Waals surface area contributed by atoms with Crippen LogP contribution in [0.25, 0.3) is 6.08 Å². The number of rotatable bonds is 5. The zero-order valence-corrected chi connectivity index (χ0v) is 14.9. The number of hydrogen-bond donors (Lipinski definition) is 1. The Kier molecular flexibility index (Phi) is 5.52. The molecule has 0 aliphatic carbocycles. The molecule has 2 aromatic rings. The van der Waals surface area contributed by atoms with Crippen LogP contribution in [0.5, 0.6) is 0 Å². The molecule has 1 saturated heterocycles. The number of nitrogens with one attached hydrogen (secondary N) is 1. The molecule has 0 radical (unpaired) electrons. The minimum Gasteiger partial charge on any atom is -0.347 e. The van der Waals surface area contributed by atoms with Gasteiger partial charge >= 0.3 is 0 Å². The van der Waals surface area contributed by atoms with Crippen LogP contribution in [-0.2, 0) is 9.59 Å². The van der Waals surface area contributed by atoms with E-state index in [0.717, 1.165) is 5.69 Å². The summed E-state index contributed by atoms with van der Waals surface area (Å²) in [6, 6.07) is 12.5. The highest BCUT2D eigenvalue weighted by molar-refractivity contribution is 6.30. The second-order valence-corrected chi connectivity index (χ2v) is 6.51. The summed E-state index contributed by atoms with van der Waals surface area (Å²) in [7, 11) is 0. The number of nitro groups is 1. The lowest BCUT2D eigenvalue weighted by atomic mass is 10.2. The van der Waals surface area contributed by atoms with Crippen molar-refractivity contribution in [2.45, 2.75) is 12.5 Å². The predicted octanol–water partition coefficient (Wildman–Crippen LogP) is 3.18. The summed E-state index contributed by atoms with van der Waals surface area (Å²) < 4.78 is 0. The van der Waals surface area contributed by atoms with E-state index in [-0.39, 0.29) is 30.0 Å². The Morgan fingerprint density at radius 2 is 1.85 bits per heavy atom. The summed E-state index contributed by atoms with van der Waals surface area (Å²) in [5, 5.41) is 14.0. The minimum atomic E-state index is -0.482. The molecular weight excluding hydrogens is 370 g/mol. The number of carbonyl (C=O) groups excluding carboxylic acids is 2. The van der Waals surface area contributed by atoms with Crippen molar-refractivity contribution in [1.82, 2.24) is 5.32 Å². The molecule has 3 rings (SSSR count). The average Bonchev–Trinajstić information content (AvgIpc) is 3.01. The van der Waals surface area contributed by atoms with Gasteiger partial charge in [0, 0.05) is 41.9 Å². The maximum atomic E-state index is 12.2. The van der Waals surface area contributed by atoms with Gasteiger partial charge in [-0.25, -0.2) is 0 Å². The summed E-state index contributed by atoms with van der Waals surface area (Å²) in [6.07, 6.45) is 3.13. The standard InChI is InChI=1S/C19H16ClN3O4/c20-14-4-8-16(9-5-14)22-12-15(11-19(22)25)21-18(24)10-3-13-1-6-17(7-2-13)23(26)27/h1-10,15H,11-12H2,(H,21,24)/b10-3+. The van der Waals surface area contributed by atoms with Gasteiger partial charge in [-0.15, -0.1) is 0 Å². The second-order valence-electron chi connectivity index (χ2n) is 6.07. The van der Waals surface area contributed by atoms with Crippen molar-refractivity contribution in [3.63, 3.8) is 0 Å². The van der Waals surface area contributed by atoms with E-state index >= 15 is 0 Å². The molecule has 1 aliphatic rings. The SMILES string of the molecule is O=C(/C=C/c1ccc([N+](=O)[O-])cc1)NC1CC(=O)N(c2ccc(Cl)cc2)C1. The highest BCUT2D eigenvalue weighted by Crippen LogP contribution is 2.23. The van der Waals surface area contributed by atoms with Crippen molar-refractivity contribution in [3.8, 4) is 0 Å². The number of amides is 2. The smallest absolute Gasteiger partial charge is 0.269 e. The summed E-state index contributed by atoms with van der Waals surface area (Å²) in [5.74, 6) is -0.397. The maximum Gasteiger partial charge on any atom is 0.269 e. The van der Waals surface area contributed by atoms with Gasteiger partial charge in [-0.2, -0.15) is 0 Å². The van der Waals surface area contributed by atoms with Crippen LogP contribution >= 0.6 is 11.6 Å². The second kappa shape index (κ2) is 8.01. The molecule has 0 spiro atoms. The number of carbonyl (C=O) groups is 2. The van der Waals surface area contributed by atoms with Gasteiger partial charge in [0.15, 0.2) is 0 Å². The monoisotopic (exact) mass is 385 g/mol. The molecule has 2 aromatic carbocycles. The molecule has 7 nitrogen and oxygen atoms in total. The highest BCUT2D eigenvalue weighted by atomic mass is 35.5. The van der Waals surface area contributed by atoms with Crippen molar-refractivity contribution in [1.29, 1.82) is 0 Å². The number of anilines is 1. The van der Waals surface area contributed by atoms with Crippen LogP contribution in [-0.4, -0.2) is 29.3 Å². The Morgan fingerprint density at radius 3 is 2.48 bits per heavy atom. The van der Waals surface area contributed by atoms with Gasteiger partial charge in [-0.05, 0) is 48.0 Å². The Morgan fingerprint density at radius 1 is 1.19 bits per heavy atom. The van der Waals surface area contributed by atoms with Gasteiger partial charge in [0.1, 0.15) is 0 Å². The zero-order chi connectivity index (χ0) is 19.4. The third-order valence-electron chi connectivity index (χ3n) is 4.14. The quantitative estimate of drug-likeness (QED) is 0.486. The zero-order valence-electron chi connectivity index (χ0n) is 14.2. The number of hydrogen-bond acceptors (Lipinski definition) is 4. The molecule has 8 heteroatoms. The Bertz CT molecular complexity index is 894. The largest absolute Gasteiger partial charge is 0.347 e. The van der Waals surface area contributed by atoms with Gasteiger partial charge < -0.3 is 10.2 Å². The van der Waals surface area contributed by atoms with Crippen molar-refractivity contribution in [2.75, 3.05) is 11.4 Å². The van der Waals surface area contributed by atoms with E-state index in [2.05, 4.69) is 5.32 Å². The molecule has 1 fully saturated rings. The molecule has 1 aliphatic heterocycles. The first-order valence-corrected chi connectivity index (χ1v) is 8.59. The van der Waals surface area contributed by atoms with Crippen molar-refractivity contribution < 1.29 is 14.5 Å². The molecular formula is C19H16ClN3O4. The van der Waals surface area contributed by atoms with Gasteiger partial charge in [-0.3, -0.25) is 19.7 Å². The van der Waals surface area contributed by atoms with Gasteiger partial charge in [0.05, 0.1) is 11.0 Å². The van der Waals surface area contributed by atoms with Crippen molar-refractivity contribution in [2.24, 2.45) is 0 Å². The number of nitrogens with zero attached hydrogens (tertiary/aromatic N) is 2. The van der Waals surface area contributed by atoms with Crippen LogP contribution in [0.15, 0.2) is 54.6 Å². The molecule has 138 valence electrons. The Labute approximate surface area is 160 Å². The highest BCUT2D eigenvalue weighted by Gasteiger charge is 2.31. The fourth-order valence-electron chi connectivity index (χ4n) is 2.80. The fraction of sp³-hybridized carbons (Fsp3) is 0.158. The van der Waals surface area contributed by atoms with Crippen molar-refractivity contribution >= 4 is 40.9 Å². The molecule has 1 N–H and O–H groups in total. The van der Waals surface area contributed by atoms with E-state index < -0.39 is 4.92 Å². The molecule has 27 heavy (non-hydrogen) atoms. The maximum absolute atomic E-state index is 12.2. The summed E-state index contributed by atoms with van der Waals surface area (Å²) in [4.78, 5) is 36.0. The molecule has 1 heterocycles. The minimum absolute atomic E-state index is 0.0108. The first kappa shape index (κ1) is 18.6. The topological polar surface area (TPSA) is 92.5 Å². The van der Waals surface area contributed by atoms with E-state index in [0.29, 0.717) is 17.1 Å². The molecule has 0 saturated carbocycles. The van der Waals surface area contributed by atoms with Crippen LogP contribution in [0, 0.1) is 10.1 Å². The fourth-order valence-corrected chi connectivity index (χ4v) is 2.93. The Hall–Kier alpha value is -3.19. The van der Waals surface area contributed by atoms with Crippen LogP contribution in [0.2, 0.25) is 5.02 Å². The molecule has 2 amide bonds. The van der Waals surface area contributed by atoms with Crippen LogP contribution in [0.1, 0.15) is 12.0 Å². The van der Waals surface area contributed by atoms with E-state index in [1.165, 1.54) is 18.2 Å². The van der Waals surface area contributed by atoms with E-state index in [1.807, 2.05) is 0 Å². The first-order chi connectivity index (χ1) is 12.9. The van der Waals surface area contributed by atoms with E-state index in [4.69, 9.17) is 11.6 Å². The van der Waals surface area contributed by atoms with Crippen LogP contribution in [0.3, 0.4) is 0 Å². The summed E-state index contributed by atoms with van der Waals surface area (Å²) >= 11 is 5.86. The van der Waals surface area contributed by atoms with Crippen LogP contribution < -0.4 is 10.2 Å². The predicted molar refractivity (Wildman–Crippen MR) is 102 cm³/mol. The lowest BCUT2D eigenvalue weighted by Gasteiger charge is -2.17. The number of nitro benzene ring substituents is 1. The lowest BCUT2D eigenvalue weighted by Crippen LogP contribution is -2.36. The summed E-state index contributed by atoms with van der Waals surface area (Å²) in [5.41, 5.74) is 1.40. The molecule has 1 atom stereocenters. The number of non-ortho nitro benzene ring substituents is 1. The van der Waals surface area contributed by atoms with E-state index in [1.54, 1.807) is 47.4 Å². The van der Waals surface area contributed by atoms with Gasteiger partial charge in [0.2, 0.25) is 11.8 Å². The van der Waals surface area contributed by atoms with Crippen molar-refractivity contribution in [3.05, 3.63) is 75.3 Å². The third kappa shape index (κ3) is 4.71. The molecule has 1 unspecified atom stereocenters. The van der Waals surface area contributed by atoms with Gasteiger partial charge in [-0.1, -0.05) is 11.6 Å².